The number of carbonyl (C=O) groups excluding carboxylic acids is 1. The first-order valence-corrected chi connectivity index (χ1v) is 7.13. The number of aromatic amines is 1. The number of H-pyrrole nitrogens is 1. The van der Waals surface area contributed by atoms with Gasteiger partial charge in [-0.3, -0.25) is 4.79 Å². The molecule has 0 atom stereocenters. The summed E-state index contributed by atoms with van der Waals surface area (Å²) >= 11 is 0. The second kappa shape index (κ2) is 6.57. The van der Waals surface area contributed by atoms with E-state index in [4.69, 9.17) is 0 Å². The molecule has 0 aliphatic rings. The highest BCUT2D eigenvalue weighted by atomic mass is 16.2. The lowest BCUT2D eigenvalue weighted by Crippen LogP contribution is -2.37. The van der Waals surface area contributed by atoms with Gasteiger partial charge in [0.25, 0.3) is 5.91 Å². The summed E-state index contributed by atoms with van der Waals surface area (Å²) in [5.74, 6) is 0.116. The van der Waals surface area contributed by atoms with Crippen molar-refractivity contribution in [2.75, 3.05) is 33.7 Å². The molecule has 20 heavy (non-hydrogen) atoms. The average Bonchev–Trinajstić information content (AvgIpc) is 2.89. The van der Waals surface area contributed by atoms with Crippen LogP contribution in [-0.4, -0.2) is 54.4 Å². The standard InChI is InChI=1S/C16H23N3O/c1-4-9-19(11-10-18(2)3)16(20)14-6-5-13-7-8-17-15(13)12-14/h5-8,12,17H,4,9-11H2,1-3H3. The van der Waals surface area contributed by atoms with Crippen LogP contribution < -0.4 is 0 Å². The Morgan fingerprint density at radius 1 is 1.15 bits per heavy atom. The second-order valence-electron chi connectivity index (χ2n) is 5.38. The van der Waals surface area contributed by atoms with Gasteiger partial charge in [-0.1, -0.05) is 13.0 Å². The summed E-state index contributed by atoms with van der Waals surface area (Å²) < 4.78 is 0. The summed E-state index contributed by atoms with van der Waals surface area (Å²) in [6, 6.07) is 7.86. The molecule has 1 aromatic carbocycles. The number of nitrogens with zero attached hydrogens (tertiary/aromatic N) is 2. The van der Waals surface area contributed by atoms with Gasteiger partial charge in [-0.25, -0.2) is 0 Å². The van der Waals surface area contributed by atoms with E-state index in [0.29, 0.717) is 0 Å². The predicted molar refractivity (Wildman–Crippen MR) is 83.0 cm³/mol. The third kappa shape index (κ3) is 3.39. The first kappa shape index (κ1) is 14.6. The van der Waals surface area contributed by atoms with Crippen molar-refractivity contribution in [2.45, 2.75) is 13.3 Å². The van der Waals surface area contributed by atoms with Crippen molar-refractivity contribution < 1.29 is 4.79 Å². The number of benzene rings is 1. The highest BCUT2D eigenvalue weighted by molar-refractivity contribution is 5.97. The summed E-state index contributed by atoms with van der Waals surface area (Å²) in [6.45, 7) is 4.55. The first-order chi connectivity index (χ1) is 9.61. The fourth-order valence-electron chi connectivity index (χ4n) is 2.27. The van der Waals surface area contributed by atoms with E-state index in [-0.39, 0.29) is 5.91 Å². The molecule has 0 saturated carbocycles. The molecule has 0 aliphatic heterocycles. The Labute approximate surface area is 120 Å². The Morgan fingerprint density at radius 3 is 2.65 bits per heavy atom. The minimum Gasteiger partial charge on any atom is -0.361 e. The minimum absolute atomic E-state index is 0.116. The Morgan fingerprint density at radius 2 is 1.95 bits per heavy atom. The van der Waals surface area contributed by atoms with Crippen LogP contribution in [0.3, 0.4) is 0 Å². The topological polar surface area (TPSA) is 39.3 Å². The molecule has 0 bridgehead atoms. The number of rotatable bonds is 6. The van der Waals surface area contributed by atoms with Crippen molar-refractivity contribution >= 4 is 16.8 Å². The van der Waals surface area contributed by atoms with Gasteiger partial charge < -0.3 is 14.8 Å². The van der Waals surface area contributed by atoms with E-state index in [9.17, 15) is 4.79 Å². The van der Waals surface area contributed by atoms with Crippen LogP contribution in [0.5, 0.6) is 0 Å². The largest absolute Gasteiger partial charge is 0.361 e. The SMILES string of the molecule is CCCN(CCN(C)C)C(=O)c1ccc2cc[nH]c2c1. The highest BCUT2D eigenvalue weighted by Gasteiger charge is 2.15. The number of amides is 1. The summed E-state index contributed by atoms with van der Waals surface area (Å²) in [5, 5.41) is 1.14. The lowest BCUT2D eigenvalue weighted by atomic mass is 10.1. The smallest absolute Gasteiger partial charge is 0.253 e. The van der Waals surface area contributed by atoms with E-state index in [1.807, 2.05) is 49.5 Å². The van der Waals surface area contributed by atoms with Crippen LogP contribution in [-0.2, 0) is 0 Å². The number of carbonyl (C=O) groups is 1. The Balaban J connectivity index is 2.16. The number of likely N-dealkylation sites (N-methyl/N-ethyl adjacent to an activating group) is 1. The maximum absolute atomic E-state index is 12.6. The Hall–Kier alpha value is -1.81. The van der Waals surface area contributed by atoms with Crippen LogP contribution >= 0.6 is 0 Å². The fourth-order valence-corrected chi connectivity index (χ4v) is 2.27. The van der Waals surface area contributed by atoms with E-state index in [2.05, 4.69) is 16.8 Å². The Bertz CT molecular complexity index is 574. The molecule has 4 heteroatoms. The number of hydrogen-bond acceptors (Lipinski definition) is 2. The van der Waals surface area contributed by atoms with Crippen LogP contribution in [0, 0.1) is 0 Å². The van der Waals surface area contributed by atoms with Gasteiger partial charge in [0.1, 0.15) is 0 Å². The lowest BCUT2D eigenvalue weighted by molar-refractivity contribution is 0.0745. The molecule has 108 valence electrons. The highest BCUT2D eigenvalue weighted by Crippen LogP contribution is 2.15. The predicted octanol–water partition coefficient (Wildman–Crippen LogP) is 2.58. The van der Waals surface area contributed by atoms with Crippen LogP contribution in [0.1, 0.15) is 23.7 Å². The van der Waals surface area contributed by atoms with Crippen LogP contribution in [0.25, 0.3) is 10.9 Å². The van der Waals surface area contributed by atoms with E-state index in [1.165, 1.54) is 0 Å². The van der Waals surface area contributed by atoms with Crippen LogP contribution in [0.15, 0.2) is 30.5 Å². The van der Waals surface area contributed by atoms with Gasteiger partial charge in [0.2, 0.25) is 0 Å². The summed E-state index contributed by atoms with van der Waals surface area (Å²) in [6.07, 6.45) is 2.87. The maximum Gasteiger partial charge on any atom is 0.253 e. The molecule has 1 N–H and O–H groups in total. The zero-order valence-corrected chi connectivity index (χ0v) is 12.5. The molecule has 0 fully saturated rings. The second-order valence-corrected chi connectivity index (χ2v) is 5.38. The van der Waals surface area contributed by atoms with E-state index in [0.717, 1.165) is 42.5 Å². The fraction of sp³-hybridized carbons (Fsp3) is 0.438. The summed E-state index contributed by atoms with van der Waals surface area (Å²) in [5.41, 5.74) is 1.77. The van der Waals surface area contributed by atoms with Crippen molar-refractivity contribution in [2.24, 2.45) is 0 Å². The van der Waals surface area contributed by atoms with Gasteiger partial charge in [0.15, 0.2) is 0 Å². The molecular weight excluding hydrogens is 250 g/mol. The quantitative estimate of drug-likeness (QED) is 0.878. The lowest BCUT2D eigenvalue weighted by Gasteiger charge is -2.24. The van der Waals surface area contributed by atoms with Gasteiger partial charge in [-0.15, -0.1) is 0 Å². The maximum atomic E-state index is 12.6. The molecule has 0 radical (unpaired) electrons. The zero-order chi connectivity index (χ0) is 14.5. The molecule has 1 amide bonds. The van der Waals surface area contributed by atoms with Gasteiger partial charge in [-0.2, -0.15) is 0 Å². The van der Waals surface area contributed by atoms with Gasteiger partial charge >= 0.3 is 0 Å². The molecule has 1 heterocycles. The third-order valence-electron chi connectivity index (χ3n) is 3.40. The van der Waals surface area contributed by atoms with E-state index < -0.39 is 0 Å². The van der Waals surface area contributed by atoms with Crippen molar-refractivity contribution in [3.05, 3.63) is 36.0 Å². The summed E-state index contributed by atoms with van der Waals surface area (Å²) in [4.78, 5) is 19.8. The van der Waals surface area contributed by atoms with Crippen molar-refractivity contribution in [1.82, 2.24) is 14.8 Å². The van der Waals surface area contributed by atoms with Crippen molar-refractivity contribution in [3.63, 3.8) is 0 Å². The molecule has 0 aliphatic carbocycles. The molecule has 1 aromatic heterocycles. The molecular formula is C16H23N3O. The number of nitrogens with one attached hydrogen (secondary N) is 1. The van der Waals surface area contributed by atoms with E-state index in [1.54, 1.807) is 0 Å². The van der Waals surface area contributed by atoms with E-state index >= 15 is 0 Å². The number of fused-ring (bicyclic) bond motifs is 1. The first-order valence-electron chi connectivity index (χ1n) is 7.13. The minimum atomic E-state index is 0.116. The normalized spacial score (nSPS) is 11.2. The molecule has 0 unspecified atom stereocenters. The molecule has 0 saturated heterocycles. The molecule has 4 nitrogen and oxygen atoms in total. The third-order valence-corrected chi connectivity index (χ3v) is 3.40. The van der Waals surface area contributed by atoms with Crippen molar-refractivity contribution in [1.29, 1.82) is 0 Å². The van der Waals surface area contributed by atoms with Gasteiger partial charge in [-0.05, 0) is 44.1 Å². The zero-order valence-electron chi connectivity index (χ0n) is 12.5. The average molecular weight is 273 g/mol. The Kier molecular flexibility index (Phi) is 4.79. The number of aromatic nitrogens is 1. The van der Waals surface area contributed by atoms with Crippen molar-refractivity contribution in [3.8, 4) is 0 Å². The van der Waals surface area contributed by atoms with Gasteiger partial charge in [0.05, 0.1) is 0 Å². The number of hydrogen-bond donors (Lipinski definition) is 1. The molecule has 0 spiro atoms. The van der Waals surface area contributed by atoms with Gasteiger partial charge in [0, 0.05) is 36.9 Å². The molecule has 2 aromatic rings. The van der Waals surface area contributed by atoms with Crippen LogP contribution in [0.4, 0.5) is 0 Å². The monoisotopic (exact) mass is 273 g/mol. The van der Waals surface area contributed by atoms with Crippen LogP contribution in [0.2, 0.25) is 0 Å². The molecule has 2 rings (SSSR count). The summed E-state index contributed by atoms with van der Waals surface area (Å²) in [7, 11) is 4.05.